The second-order valence-electron chi connectivity index (χ2n) is 5.60. The standard InChI is InChI=1S/C15H19Br2F3N2O2.ClH/c1-24-11-8-9(12(16)13(17)14(11)23)10(2-3-15(18,19)20)22-6-4-21-5-7-22;/h8,10,21,23H,2-7H2,1H3;1H/t10-;/m1./s1. The van der Waals surface area contributed by atoms with E-state index < -0.39 is 18.6 Å². The number of rotatable bonds is 5. The van der Waals surface area contributed by atoms with Crippen molar-refractivity contribution >= 4 is 44.3 Å². The third-order valence-electron chi connectivity index (χ3n) is 4.05. The Morgan fingerprint density at radius 2 is 1.88 bits per heavy atom. The average Bonchev–Trinajstić information content (AvgIpc) is 2.54. The van der Waals surface area contributed by atoms with E-state index >= 15 is 0 Å². The molecule has 144 valence electrons. The average molecular weight is 513 g/mol. The molecule has 1 atom stereocenters. The summed E-state index contributed by atoms with van der Waals surface area (Å²) in [4.78, 5) is 2.03. The summed E-state index contributed by atoms with van der Waals surface area (Å²) in [7, 11) is 1.41. The number of nitrogens with zero attached hydrogens (tertiary/aromatic N) is 1. The van der Waals surface area contributed by atoms with Gasteiger partial charge in [-0.1, -0.05) is 0 Å². The fraction of sp³-hybridized carbons (Fsp3) is 0.600. The van der Waals surface area contributed by atoms with Gasteiger partial charge in [-0.3, -0.25) is 4.90 Å². The van der Waals surface area contributed by atoms with Gasteiger partial charge in [0, 0.05) is 43.1 Å². The van der Waals surface area contributed by atoms with Crippen LogP contribution in [-0.4, -0.2) is 49.5 Å². The predicted molar refractivity (Wildman–Crippen MR) is 99.8 cm³/mol. The molecular formula is C15H20Br2ClF3N2O2. The molecule has 2 rings (SSSR count). The molecule has 1 heterocycles. The number of aromatic hydroxyl groups is 1. The van der Waals surface area contributed by atoms with Crippen LogP contribution in [0.15, 0.2) is 15.0 Å². The summed E-state index contributed by atoms with van der Waals surface area (Å²) in [5, 5.41) is 13.3. The number of ether oxygens (including phenoxy) is 1. The maximum atomic E-state index is 12.8. The van der Waals surface area contributed by atoms with Crippen LogP contribution in [0.4, 0.5) is 13.2 Å². The summed E-state index contributed by atoms with van der Waals surface area (Å²) < 4.78 is 44.4. The first-order valence-corrected chi connectivity index (χ1v) is 9.09. The highest BCUT2D eigenvalue weighted by atomic mass is 79.9. The number of phenols is 1. The van der Waals surface area contributed by atoms with Crippen molar-refractivity contribution in [3.8, 4) is 11.5 Å². The van der Waals surface area contributed by atoms with Crippen LogP contribution < -0.4 is 10.1 Å². The van der Waals surface area contributed by atoms with Gasteiger partial charge >= 0.3 is 6.18 Å². The van der Waals surface area contributed by atoms with Crippen molar-refractivity contribution in [1.29, 1.82) is 0 Å². The Hall–Kier alpha value is -0.220. The summed E-state index contributed by atoms with van der Waals surface area (Å²) in [6.45, 7) is 2.79. The Bertz CT molecular complexity index is 585. The van der Waals surface area contributed by atoms with Gasteiger partial charge in [0.05, 0.1) is 11.6 Å². The molecule has 0 bridgehead atoms. The van der Waals surface area contributed by atoms with Crippen molar-refractivity contribution in [1.82, 2.24) is 10.2 Å². The molecule has 1 saturated heterocycles. The lowest BCUT2D eigenvalue weighted by atomic mass is 9.98. The highest BCUT2D eigenvalue weighted by Gasteiger charge is 2.33. The van der Waals surface area contributed by atoms with Crippen molar-refractivity contribution in [2.45, 2.75) is 25.1 Å². The summed E-state index contributed by atoms with van der Waals surface area (Å²) in [5.74, 6) is 0.148. The van der Waals surface area contributed by atoms with E-state index in [2.05, 4.69) is 37.2 Å². The molecule has 0 spiro atoms. The van der Waals surface area contributed by atoms with E-state index in [1.54, 1.807) is 6.07 Å². The van der Waals surface area contributed by atoms with Crippen molar-refractivity contribution in [2.75, 3.05) is 33.3 Å². The molecule has 2 N–H and O–H groups in total. The van der Waals surface area contributed by atoms with Crippen molar-refractivity contribution in [3.05, 3.63) is 20.6 Å². The number of piperazine rings is 1. The molecule has 10 heteroatoms. The fourth-order valence-electron chi connectivity index (χ4n) is 2.84. The highest BCUT2D eigenvalue weighted by Crippen LogP contribution is 2.46. The van der Waals surface area contributed by atoms with Crippen LogP contribution in [0, 0.1) is 0 Å². The molecule has 1 aliphatic rings. The van der Waals surface area contributed by atoms with Crippen molar-refractivity contribution in [2.24, 2.45) is 0 Å². The Kier molecular flexibility index (Phi) is 8.80. The first kappa shape index (κ1) is 22.8. The molecule has 1 aromatic rings. The third-order valence-corrected chi connectivity index (χ3v) is 6.21. The number of benzene rings is 1. The van der Waals surface area contributed by atoms with E-state index in [0.717, 1.165) is 13.1 Å². The Balaban J connectivity index is 0.00000312. The number of methoxy groups -OCH3 is 1. The lowest BCUT2D eigenvalue weighted by Gasteiger charge is -2.36. The van der Waals surface area contributed by atoms with Gasteiger partial charge in [-0.15, -0.1) is 12.4 Å². The van der Waals surface area contributed by atoms with E-state index in [0.29, 0.717) is 27.6 Å². The highest BCUT2D eigenvalue weighted by molar-refractivity contribution is 9.13. The summed E-state index contributed by atoms with van der Waals surface area (Å²) in [6, 6.07) is 1.18. The zero-order valence-corrected chi connectivity index (χ0v) is 17.5. The third kappa shape index (κ3) is 5.89. The van der Waals surface area contributed by atoms with Crippen LogP contribution in [-0.2, 0) is 0 Å². The van der Waals surface area contributed by atoms with Gasteiger partial charge in [-0.2, -0.15) is 13.2 Å². The lowest BCUT2D eigenvalue weighted by Crippen LogP contribution is -2.45. The molecule has 25 heavy (non-hydrogen) atoms. The van der Waals surface area contributed by atoms with E-state index in [9.17, 15) is 18.3 Å². The van der Waals surface area contributed by atoms with Gasteiger partial charge < -0.3 is 15.2 Å². The summed E-state index contributed by atoms with van der Waals surface area (Å²) in [6.07, 6.45) is -5.13. The first-order chi connectivity index (χ1) is 11.2. The molecule has 0 amide bonds. The second kappa shape index (κ2) is 9.64. The van der Waals surface area contributed by atoms with E-state index in [1.165, 1.54) is 7.11 Å². The fourth-order valence-corrected chi connectivity index (χ4v) is 3.83. The van der Waals surface area contributed by atoms with Crippen molar-refractivity contribution < 1.29 is 23.0 Å². The number of phenolic OH excluding ortho intramolecular Hbond substituents is 1. The van der Waals surface area contributed by atoms with Gasteiger partial charge in [0.15, 0.2) is 11.5 Å². The molecule has 1 aromatic carbocycles. The van der Waals surface area contributed by atoms with Crippen LogP contribution in [0.2, 0.25) is 0 Å². The minimum absolute atomic E-state index is 0. The van der Waals surface area contributed by atoms with Crippen LogP contribution in [0.5, 0.6) is 11.5 Å². The van der Waals surface area contributed by atoms with Gasteiger partial charge in [0.25, 0.3) is 0 Å². The Morgan fingerprint density at radius 3 is 2.40 bits per heavy atom. The predicted octanol–water partition coefficient (Wildman–Crippen LogP) is 4.64. The molecular weight excluding hydrogens is 492 g/mol. The minimum Gasteiger partial charge on any atom is -0.503 e. The van der Waals surface area contributed by atoms with Gasteiger partial charge in [-0.25, -0.2) is 0 Å². The topological polar surface area (TPSA) is 44.7 Å². The lowest BCUT2D eigenvalue weighted by molar-refractivity contribution is -0.138. The van der Waals surface area contributed by atoms with E-state index in [-0.39, 0.29) is 30.3 Å². The van der Waals surface area contributed by atoms with Crippen LogP contribution >= 0.6 is 44.3 Å². The number of nitrogens with one attached hydrogen (secondary N) is 1. The normalized spacial score (nSPS) is 17.0. The molecule has 0 aliphatic carbocycles. The van der Waals surface area contributed by atoms with Gasteiger partial charge in [0.1, 0.15) is 0 Å². The second-order valence-corrected chi connectivity index (χ2v) is 7.19. The molecule has 0 radical (unpaired) electrons. The van der Waals surface area contributed by atoms with Crippen LogP contribution in [0.1, 0.15) is 24.4 Å². The quantitative estimate of drug-likeness (QED) is 0.604. The number of hydrogen-bond acceptors (Lipinski definition) is 4. The number of alkyl halides is 3. The molecule has 4 nitrogen and oxygen atoms in total. The maximum Gasteiger partial charge on any atom is 0.389 e. The number of halogens is 6. The molecule has 1 fully saturated rings. The van der Waals surface area contributed by atoms with Crippen molar-refractivity contribution in [3.63, 3.8) is 0 Å². The van der Waals surface area contributed by atoms with Gasteiger partial charge in [0.2, 0.25) is 0 Å². The molecule has 0 unspecified atom stereocenters. The summed E-state index contributed by atoms with van der Waals surface area (Å²) >= 11 is 6.67. The number of hydrogen-bond donors (Lipinski definition) is 2. The zero-order chi connectivity index (χ0) is 17.9. The zero-order valence-electron chi connectivity index (χ0n) is 13.5. The van der Waals surface area contributed by atoms with Crippen LogP contribution in [0.25, 0.3) is 0 Å². The van der Waals surface area contributed by atoms with Gasteiger partial charge in [-0.05, 0) is 49.9 Å². The monoisotopic (exact) mass is 510 g/mol. The van der Waals surface area contributed by atoms with Crippen LogP contribution in [0.3, 0.4) is 0 Å². The Morgan fingerprint density at radius 1 is 1.28 bits per heavy atom. The molecule has 1 aliphatic heterocycles. The summed E-state index contributed by atoms with van der Waals surface area (Å²) in [5.41, 5.74) is 0.669. The minimum atomic E-state index is -4.21. The van der Waals surface area contributed by atoms with E-state index in [1.807, 2.05) is 4.90 Å². The first-order valence-electron chi connectivity index (χ1n) is 7.51. The smallest absolute Gasteiger partial charge is 0.389 e. The largest absolute Gasteiger partial charge is 0.503 e. The molecule has 0 aromatic heterocycles. The van der Waals surface area contributed by atoms with E-state index in [4.69, 9.17) is 4.74 Å². The Labute approximate surface area is 167 Å². The maximum absolute atomic E-state index is 12.8. The molecule has 0 saturated carbocycles. The SMILES string of the molecule is COc1cc([C@@H](CCC(F)(F)F)N2CCNCC2)c(Br)c(Br)c1O.Cl.